The number of nitrogens with zero attached hydrogens (tertiary/aromatic N) is 2. The number of fused-ring (bicyclic) bond motifs is 31. The Morgan fingerprint density at radius 3 is 1.29 bits per heavy atom. The Bertz CT molecular complexity index is 7470. The van der Waals surface area contributed by atoms with E-state index in [4.69, 9.17) is 0 Å². The number of hydrogen-bond donors (Lipinski definition) is 0. The maximum absolute atomic E-state index is 2.58. The van der Waals surface area contributed by atoms with Crippen molar-refractivity contribution in [3.05, 3.63) is 442 Å². The highest BCUT2D eigenvalue weighted by molar-refractivity contribution is 7.20. The van der Waals surface area contributed by atoms with Crippen LogP contribution in [0.1, 0.15) is 93.1 Å². The zero-order valence-corrected chi connectivity index (χ0v) is 66.1. The van der Waals surface area contributed by atoms with E-state index in [0.29, 0.717) is 0 Å². The third kappa shape index (κ3) is 8.69. The number of benzene rings is 17. The normalized spacial score (nSPS) is 16.3. The van der Waals surface area contributed by atoms with Crippen LogP contribution in [0.25, 0.3) is 131 Å². The summed E-state index contributed by atoms with van der Waals surface area (Å²) in [4.78, 5) is 7.79. The first-order valence-electron chi connectivity index (χ1n) is 40.7. The SMILES string of the molecule is CC1(C)c2ccccc2-c2ccc(-c3ccc(N(c4ccccc4)c4ccc5c(c4)-c4ccccc4C54c5cccc(-c6cccc7c6-c6ccccc6C76c7cccc(N(c8ccccc8)c8ccc9c(c8)C(C)(C)c8cc(-c%10cccc%11ccccc%10%11)ccc8-9)c7-c7c6sc6ccccc76)c5-c5c4sc4ccccc54)cc3)cc21. The molecule has 0 aliphatic heterocycles. The lowest BCUT2D eigenvalue weighted by Gasteiger charge is -2.32. The van der Waals surface area contributed by atoms with Crippen molar-refractivity contribution in [1.82, 2.24) is 0 Å². The summed E-state index contributed by atoms with van der Waals surface area (Å²) in [5.41, 5.74) is 41.6. The molecule has 2 heterocycles. The molecule has 0 amide bonds. The molecule has 0 saturated heterocycles. The van der Waals surface area contributed by atoms with Gasteiger partial charge >= 0.3 is 0 Å². The van der Waals surface area contributed by atoms with Crippen molar-refractivity contribution in [2.45, 2.75) is 49.4 Å². The van der Waals surface area contributed by atoms with Gasteiger partial charge in [0.05, 0.1) is 16.5 Å². The monoisotopic (exact) mass is 1510 g/mol. The van der Waals surface area contributed by atoms with Crippen molar-refractivity contribution >= 4 is 87.7 Å². The van der Waals surface area contributed by atoms with E-state index in [9.17, 15) is 0 Å². The van der Waals surface area contributed by atoms with Crippen molar-refractivity contribution in [2.75, 3.05) is 9.80 Å². The van der Waals surface area contributed by atoms with E-state index >= 15 is 0 Å². The lowest BCUT2D eigenvalue weighted by atomic mass is 9.72. The summed E-state index contributed by atoms with van der Waals surface area (Å²) in [7, 11) is 0. The van der Waals surface area contributed by atoms with Gasteiger partial charge in [0.25, 0.3) is 0 Å². The Hall–Kier alpha value is -13.5. The van der Waals surface area contributed by atoms with Crippen molar-refractivity contribution in [2.24, 2.45) is 0 Å². The van der Waals surface area contributed by atoms with Gasteiger partial charge < -0.3 is 9.80 Å². The lowest BCUT2D eigenvalue weighted by molar-refractivity contribution is 0.660. The van der Waals surface area contributed by atoms with Gasteiger partial charge in [-0.05, 0) is 241 Å². The number of hydrogen-bond acceptors (Lipinski definition) is 4. The summed E-state index contributed by atoms with van der Waals surface area (Å²) in [5, 5.41) is 5.12. The van der Waals surface area contributed by atoms with Crippen LogP contribution in [0.4, 0.5) is 34.1 Å². The second-order valence-electron chi connectivity index (χ2n) is 33.5. The molecule has 2 atom stereocenters. The summed E-state index contributed by atoms with van der Waals surface area (Å²) in [5.74, 6) is 0. The fourth-order valence-corrected chi connectivity index (χ4v) is 25.2. The Morgan fingerprint density at radius 1 is 0.207 bits per heavy atom. The lowest BCUT2D eigenvalue weighted by Crippen LogP contribution is -2.25. The Labute approximate surface area is 683 Å². The summed E-state index contributed by atoms with van der Waals surface area (Å²) in [6, 6.07) is 144. The van der Waals surface area contributed by atoms with Crippen LogP contribution in [0.2, 0.25) is 0 Å². The second-order valence-corrected chi connectivity index (χ2v) is 35.6. The van der Waals surface area contributed by atoms with Gasteiger partial charge in [-0.15, -0.1) is 22.7 Å². The Morgan fingerprint density at radius 2 is 0.603 bits per heavy atom. The van der Waals surface area contributed by atoms with E-state index in [2.05, 4.69) is 414 Å². The van der Waals surface area contributed by atoms with Crippen LogP contribution in [0.5, 0.6) is 0 Å². The summed E-state index contributed by atoms with van der Waals surface area (Å²) >= 11 is 3.97. The zero-order chi connectivity index (χ0) is 76.7. The number of para-hydroxylation sites is 2. The zero-order valence-electron chi connectivity index (χ0n) is 64.5. The van der Waals surface area contributed by atoms with Crippen LogP contribution < -0.4 is 9.80 Å². The van der Waals surface area contributed by atoms with Gasteiger partial charge in [0.15, 0.2) is 0 Å². The second kappa shape index (κ2) is 24.1. The number of rotatable bonds is 9. The van der Waals surface area contributed by atoms with Gasteiger partial charge in [-0.1, -0.05) is 313 Å². The van der Waals surface area contributed by atoms with Crippen molar-refractivity contribution in [3.8, 4) is 100 Å². The largest absolute Gasteiger partial charge is 0.310 e. The molecule has 0 fully saturated rings. The average molecular weight is 1510 g/mol. The van der Waals surface area contributed by atoms with Gasteiger partial charge in [0, 0.05) is 85.9 Å². The first-order valence-corrected chi connectivity index (χ1v) is 42.3. The molecule has 0 radical (unpaired) electrons. The predicted octanol–water partition coefficient (Wildman–Crippen LogP) is 30.5. The van der Waals surface area contributed by atoms with Crippen LogP contribution in [-0.4, -0.2) is 0 Å². The number of anilines is 6. The highest BCUT2D eigenvalue weighted by Crippen LogP contribution is 2.72. The maximum atomic E-state index is 2.58. The van der Waals surface area contributed by atoms with Gasteiger partial charge in [-0.2, -0.15) is 0 Å². The van der Waals surface area contributed by atoms with Gasteiger partial charge in [-0.25, -0.2) is 0 Å². The van der Waals surface area contributed by atoms with Crippen molar-refractivity contribution in [1.29, 1.82) is 0 Å². The fraction of sp³-hybridized carbons (Fsp3) is 0.0714. The van der Waals surface area contributed by atoms with Crippen LogP contribution in [-0.2, 0) is 21.7 Å². The molecule has 544 valence electrons. The van der Waals surface area contributed by atoms with Crippen LogP contribution in [0.15, 0.2) is 376 Å². The molecule has 2 aromatic heterocycles. The van der Waals surface area contributed by atoms with Crippen LogP contribution in [0.3, 0.4) is 0 Å². The van der Waals surface area contributed by atoms with Gasteiger partial charge in [-0.3, -0.25) is 0 Å². The van der Waals surface area contributed by atoms with Crippen LogP contribution >= 0.6 is 22.7 Å². The quantitative estimate of drug-likeness (QED) is 0.142. The third-order valence-electron chi connectivity index (χ3n) is 27.3. The molecule has 17 aromatic carbocycles. The van der Waals surface area contributed by atoms with Crippen LogP contribution in [0, 0.1) is 0 Å². The van der Waals surface area contributed by atoms with Crippen molar-refractivity contribution in [3.63, 3.8) is 0 Å². The Balaban J connectivity index is 0.652. The standard InChI is InChI=1S/C112H74N2S2/c1-109(2)89-42-18-13-34-78(89)80-59-53-69(63-96(80)109)67-51-55-73(56-52-67)113(71-29-7-5-8-30-71)74-58-62-92-88(65-74)79-35-14-19-43-90(79)111(92)94-46-25-41-84(103(94)104-86-37-16-21-49-100(86)115-107(104)111)83-40-24-45-93-102(83)85-36-15-20-44-91(85)112(93)95-47-26-48-99(106(95)105-87-38-17-22-50-101(87)116-108(105)112)114(72-31-9-6-10-32-72)75-57-61-82-81-60-54-70(64-97(81)110(3,4)98(82)66-75)77-39-23-28-68-27-11-12-33-76(68)77/h5-66H,1-4H3. The van der Waals surface area contributed by atoms with Gasteiger partial charge in [0.1, 0.15) is 0 Å². The number of thiophene rings is 2. The van der Waals surface area contributed by atoms with Gasteiger partial charge in [0.2, 0.25) is 0 Å². The molecule has 2 nitrogen and oxygen atoms in total. The highest BCUT2D eigenvalue weighted by atomic mass is 32.1. The molecule has 6 aliphatic rings. The minimum absolute atomic E-state index is 0.0850. The molecule has 19 aromatic rings. The fourth-order valence-electron chi connectivity index (χ4n) is 22.3. The molecular formula is C112H74N2S2. The molecule has 25 rings (SSSR count). The smallest absolute Gasteiger partial charge is 0.0820 e. The highest BCUT2D eigenvalue weighted by Gasteiger charge is 2.57. The average Bonchev–Trinajstić information content (AvgIpc) is 1.49. The van der Waals surface area contributed by atoms with E-state index in [0.717, 1.165) is 28.4 Å². The molecule has 0 saturated carbocycles. The van der Waals surface area contributed by atoms with E-state index in [1.807, 2.05) is 22.7 Å². The van der Waals surface area contributed by atoms with E-state index in [1.165, 1.54) is 202 Å². The summed E-state index contributed by atoms with van der Waals surface area (Å²) in [6.45, 7) is 9.60. The van der Waals surface area contributed by atoms with E-state index in [1.54, 1.807) is 0 Å². The van der Waals surface area contributed by atoms with Crippen molar-refractivity contribution < 1.29 is 0 Å². The molecule has 2 spiro atoms. The molecule has 0 bridgehead atoms. The third-order valence-corrected chi connectivity index (χ3v) is 29.8. The first-order chi connectivity index (χ1) is 57.1. The molecule has 116 heavy (non-hydrogen) atoms. The molecule has 6 aliphatic carbocycles. The molecule has 0 N–H and O–H groups in total. The minimum Gasteiger partial charge on any atom is -0.310 e. The first kappa shape index (κ1) is 66.0. The predicted molar refractivity (Wildman–Crippen MR) is 488 cm³/mol. The topological polar surface area (TPSA) is 6.48 Å². The Kier molecular flexibility index (Phi) is 13.7. The van der Waals surface area contributed by atoms with E-state index in [-0.39, 0.29) is 10.8 Å². The van der Waals surface area contributed by atoms with E-state index < -0.39 is 10.8 Å². The molecule has 4 heteroatoms. The summed E-state index contributed by atoms with van der Waals surface area (Å²) in [6.07, 6.45) is 0. The maximum Gasteiger partial charge on any atom is 0.0820 e. The minimum atomic E-state index is -0.665. The molecule has 2 unspecified atom stereocenters. The molecular weight excluding hydrogens is 1440 g/mol. The summed E-state index contributed by atoms with van der Waals surface area (Å²) < 4.78 is 2.59.